The molecule has 178 valence electrons. The van der Waals surface area contributed by atoms with E-state index >= 15 is 0 Å². The predicted molar refractivity (Wildman–Crippen MR) is 109 cm³/mol. The average molecular weight is 472 g/mol. The maximum Gasteiger partial charge on any atom is 0.299 e. The molecule has 0 fully saturated rings. The molecule has 1 aromatic heterocycles. The van der Waals surface area contributed by atoms with E-state index in [4.69, 9.17) is 20.4 Å². The number of nitrogens with one attached hydrogen (secondary N) is 1. The van der Waals surface area contributed by atoms with E-state index in [1.807, 2.05) is 0 Å². The molecule has 1 unspecified atom stereocenters. The number of alkyl halides is 3. The number of nitrogens with zero attached hydrogens (tertiary/aromatic N) is 2. The number of carbonyl (C=O) groups excluding carboxylic acids is 1. The van der Waals surface area contributed by atoms with Gasteiger partial charge in [-0.05, 0) is 37.3 Å². The third kappa shape index (κ3) is 5.94. The molecule has 33 heavy (non-hydrogen) atoms. The summed E-state index contributed by atoms with van der Waals surface area (Å²) >= 11 is 0. The molecule has 0 saturated carbocycles. The Morgan fingerprint density at radius 2 is 2.06 bits per heavy atom. The van der Waals surface area contributed by atoms with Crippen molar-refractivity contribution in [1.29, 1.82) is 0 Å². The number of halogens is 4. The number of hydrogen-bond acceptors (Lipinski definition) is 7. The van der Waals surface area contributed by atoms with Crippen LogP contribution in [0.5, 0.6) is 5.75 Å². The summed E-state index contributed by atoms with van der Waals surface area (Å²) in [5.74, 6) is -5.28. The summed E-state index contributed by atoms with van der Waals surface area (Å²) in [6.07, 6.45) is 1.15. The minimum absolute atomic E-state index is 0.0400. The van der Waals surface area contributed by atoms with Crippen LogP contribution in [0.25, 0.3) is 0 Å². The Morgan fingerprint density at radius 3 is 2.67 bits per heavy atom. The number of aliphatic imine (C=N–C) groups is 1. The van der Waals surface area contributed by atoms with Gasteiger partial charge in [0.25, 0.3) is 18.3 Å². The third-order valence-corrected chi connectivity index (χ3v) is 4.55. The summed E-state index contributed by atoms with van der Waals surface area (Å²) in [4.78, 5) is 28.4. The van der Waals surface area contributed by atoms with Crippen LogP contribution < -0.4 is 15.8 Å². The molecular weight excluding hydrogens is 452 g/mol. The van der Waals surface area contributed by atoms with Gasteiger partial charge in [0.1, 0.15) is 36.3 Å². The van der Waals surface area contributed by atoms with Crippen molar-refractivity contribution in [1.82, 2.24) is 4.98 Å². The van der Waals surface area contributed by atoms with Crippen LogP contribution in [0.15, 0.2) is 41.5 Å². The summed E-state index contributed by atoms with van der Waals surface area (Å²) in [6, 6.07) is 5.83. The van der Waals surface area contributed by atoms with Crippen LogP contribution in [0.3, 0.4) is 0 Å². The van der Waals surface area contributed by atoms with Crippen molar-refractivity contribution in [2.75, 3.05) is 25.4 Å². The van der Waals surface area contributed by atoms with E-state index in [9.17, 15) is 22.4 Å². The summed E-state index contributed by atoms with van der Waals surface area (Å²) in [5, 5.41) is 9.34. The molecule has 0 saturated heterocycles. The van der Waals surface area contributed by atoms with Gasteiger partial charge in [0.05, 0.1) is 6.20 Å². The Hall–Kier alpha value is -3.74. The fraction of sp³-hybridized carbons (Fsp3) is 0.300. The lowest BCUT2D eigenvalue weighted by Gasteiger charge is -2.33. The monoisotopic (exact) mass is 472 g/mol. The number of anilines is 1. The number of ether oxygens (including phenoxy) is 2. The second-order valence-corrected chi connectivity index (χ2v) is 6.76. The number of hydrogen-bond donors (Lipinski definition) is 3. The van der Waals surface area contributed by atoms with Crippen molar-refractivity contribution in [3.63, 3.8) is 0 Å². The number of amides is 1. The highest BCUT2D eigenvalue weighted by molar-refractivity contribution is 6.02. The zero-order valence-corrected chi connectivity index (χ0v) is 17.2. The lowest BCUT2D eigenvalue weighted by molar-refractivity contribution is -0.122. The second kappa shape index (κ2) is 10.7. The molecular formula is C20H20F4N4O5. The average Bonchev–Trinajstić information content (AvgIpc) is 2.86. The zero-order chi connectivity index (χ0) is 24.6. The molecule has 0 spiro atoms. The molecule has 1 aromatic carbocycles. The SMILES string of the molecule is CC1(c2cc(NC(=O)c3ccc(OCF)cn3)ccc2F)N=C(N)COCC1(F)F.O=CO. The first-order chi connectivity index (χ1) is 15.6. The Kier molecular flexibility index (Phi) is 8.29. The Bertz CT molecular complexity index is 1020. The van der Waals surface area contributed by atoms with Gasteiger partial charge in [-0.1, -0.05) is 0 Å². The summed E-state index contributed by atoms with van der Waals surface area (Å²) < 4.78 is 65.5. The van der Waals surface area contributed by atoms with Crippen molar-refractivity contribution >= 4 is 23.9 Å². The Morgan fingerprint density at radius 1 is 1.36 bits per heavy atom. The van der Waals surface area contributed by atoms with Crippen LogP contribution in [0, 0.1) is 5.82 Å². The number of carboxylic acid groups (broad SMARTS) is 1. The van der Waals surface area contributed by atoms with Gasteiger partial charge in [-0.25, -0.2) is 22.5 Å². The van der Waals surface area contributed by atoms with Crippen LogP contribution >= 0.6 is 0 Å². The van der Waals surface area contributed by atoms with Crippen molar-refractivity contribution < 1.29 is 41.7 Å². The van der Waals surface area contributed by atoms with Crippen LogP contribution in [0.1, 0.15) is 23.0 Å². The second-order valence-electron chi connectivity index (χ2n) is 6.76. The molecule has 0 radical (unpaired) electrons. The summed E-state index contributed by atoms with van der Waals surface area (Å²) in [7, 11) is 0. The summed E-state index contributed by atoms with van der Waals surface area (Å²) in [6.45, 7) is -1.56. The molecule has 0 aliphatic carbocycles. The van der Waals surface area contributed by atoms with E-state index < -0.39 is 42.2 Å². The van der Waals surface area contributed by atoms with Gasteiger partial charge in [0.2, 0.25) is 6.86 Å². The minimum Gasteiger partial charge on any atom is -0.483 e. The number of pyridine rings is 1. The standard InChI is InChI=1S/C19H18F4N4O3.CH2O2/c1-18(19(22,23)9-29-8-16(24)27-18)13-6-11(2-4-14(13)21)26-17(28)15-5-3-12(7-25-15)30-10-20;2-1-3/h2-7H,8-10H2,1H3,(H2,24,27)(H,26,28);1H,(H,2,3). The molecule has 9 nitrogen and oxygen atoms in total. The smallest absolute Gasteiger partial charge is 0.299 e. The Labute approximate surface area is 185 Å². The van der Waals surface area contributed by atoms with Crippen LogP contribution in [-0.2, 0) is 15.1 Å². The van der Waals surface area contributed by atoms with Crippen molar-refractivity contribution in [3.05, 3.63) is 53.6 Å². The molecule has 0 bridgehead atoms. The number of nitrogens with two attached hydrogens (primary N) is 1. The van der Waals surface area contributed by atoms with Crippen LogP contribution in [0.4, 0.5) is 23.2 Å². The first-order valence-corrected chi connectivity index (χ1v) is 9.21. The predicted octanol–water partition coefficient (Wildman–Crippen LogP) is 2.72. The fourth-order valence-electron chi connectivity index (χ4n) is 2.92. The van der Waals surface area contributed by atoms with Gasteiger partial charge in [0, 0.05) is 11.3 Å². The number of amidine groups is 1. The molecule has 1 amide bonds. The van der Waals surface area contributed by atoms with Crippen molar-refractivity contribution in [2.24, 2.45) is 10.7 Å². The molecule has 4 N–H and O–H groups in total. The van der Waals surface area contributed by atoms with E-state index in [1.54, 1.807) is 0 Å². The van der Waals surface area contributed by atoms with Gasteiger partial charge in [0.15, 0.2) is 5.54 Å². The van der Waals surface area contributed by atoms with Gasteiger partial charge in [-0.15, -0.1) is 0 Å². The molecule has 1 aliphatic heterocycles. The first-order valence-electron chi connectivity index (χ1n) is 9.21. The van der Waals surface area contributed by atoms with Crippen LogP contribution in [-0.4, -0.2) is 54.3 Å². The minimum atomic E-state index is -3.56. The quantitative estimate of drug-likeness (QED) is 0.450. The highest BCUT2D eigenvalue weighted by Crippen LogP contribution is 2.44. The lowest BCUT2D eigenvalue weighted by Crippen LogP contribution is -2.45. The normalized spacial score (nSPS) is 19.2. The van der Waals surface area contributed by atoms with Gasteiger partial charge < -0.3 is 25.6 Å². The highest BCUT2D eigenvalue weighted by Gasteiger charge is 2.54. The fourth-order valence-corrected chi connectivity index (χ4v) is 2.92. The van der Waals surface area contributed by atoms with E-state index in [0.717, 1.165) is 25.3 Å². The number of aromatic nitrogens is 1. The number of rotatable bonds is 5. The van der Waals surface area contributed by atoms with Gasteiger partial charge in [-0.3, -0.25) is 14.6 Å². The molecule has 1 aliphatic rings. The highest BCUT2D eigenvalue weighted by atomic mass is 19.3. The topological polar surface area (TPSA) is 136 Å². The molecule has 3 rings (SSSR count). The van der Waals surface area contributed by atoms with E-state index in [2.05, 4.69) is 20.0 Å². The largest absolute Gasteiger partial charge is 0.483 e. The first kappa shape index (κ1) is 25.5. The Balaban J connectivity index is 0.00000122. The molecule has 2 heterocycles. The number of benzene rings is 1. The molecule has 2 aromatic rings. The number of carbonyl (C=O) groups is 2. The van der Waals surface area contributed by atoms with Gasteiger partial charge in [-0.2, -0.15) is 0 Å². The molecule has 1 atom stereocenters. The summed E-state index contributed by atoms with van der Waals surface area (Å²) in [5.41, 5.74) is 2.79. The maximum absolute atomic E-state index is 14.7. The maximum atomic E-state index is 14.7. The van der Waals surface area contributed by atoms with Crippen molar-refractivity contribution in [3.8, 4) is 5.75 Å². The zero-order valence-electron chi connectivity index (χ0n) is 17.2. The molecule has 13 heteroatoms. The van der Waals surface area contributed by atoms with Crippen molar-refractivity contribution in [2.45, 2.75) is 18.4 Å². The van der Waals surface area contributed by atoms with Gasteiger partial charge >= 0.3 is 0 Å². The van der Waals surface area contributed by atoms with E-state index in [1.165, 1.54) is 18.2 Å². The lowest BCUT2D eigenvalue weighted by atomic mass is 9.85. The van der Waals surface area contributed by atoms with E-state index in [-0.39, 0.29) is 36.0 Å². The third-order valence-electron chi connectivity index (χ3n) is 4.55. The van der Waals surface area contributed by atoms with Crippen LogP contribution in [0.2, 0.25) is 0 Å². The van der Waals surface area contributed by atoms with E-state index in [0.29, 0.717) is 0 Å².